The number of ketones is 1. The van der Waals surface area contributed by atoms with Crippen LogP contribution in [0.2, 0.25) is 0 Å². The number of esters is 1. The lowest BCUT2D eigenvalue weighted by Gasteiger charge is -2.08. The SMILES string of the molecule is C#CCOC(=O)C1=C2C(=C(c3ccccc3)C1=O)c1cccc3cccc2c13. The molecule has 0 fully saturated rings. The molecule has 0 radical (unpaired) electrons. The number of fused-ring (bicyclic) bond motifs is 3. The molecule has 5 rings (SSSR count). The zero-order chi connectivity index (χ0) is 19.3. The average Bonchev–Trinajstić information content (AvgIpc) is 3.20. The largest absolute Gasteiger partial charge is 0.449 e. The summed E-state index contributed by atoms with van der Waals surface area (Å²) in [5.74, 6) is 1.30. The second-order valence-electron chi connectivity index (χ2n) is 6.68. The number of carbonyl (C=O) groups is 2. The fourth-order valence-electron chi connectivity index (χ4n) is 4.15. The highest BCUT2D eigenvalue weighted by molar-refractivity contribution is 6.55. The molecular weight excluding hydrogens is 348 g/mol. The van der Waals surface area contributed by atoms with Gasteiger partial charge in [-0.3, -0.25) is 4.79 Å². The summed E-state index contributed by atoms with van der Waals surface area (Å²) in [7, 11) is 0. The van der Waals surface area contributed by atoms with E-state index in [2.05, 4.69) is 5.92 Å². The molecule has 0 atom stereocenters. The highest BCUT2D eigenvalue weighted by Crippen LogP contribution is 2.54. The van der Waals surface area contributed by atoms with Gasteiger partial charge in [-0.05, 0) is 27.5 Å². The smallest absolute Gasteiger partial charge is 0.343 e. The molecule has 0 unspecified atom stereocenters. The number of terminal acetylenes is 1. The van der Waals surface area contributed by atoms with Crippen molar-refractivity contribution in [2.24, 2.45) is 0 Å². The lowest BCUT2D eigenvalue weighted by Crippen LogP contribution is -2.15. The Morgan fingerprint density at radius 3 is 2.21 bits per heavy atom. The Balaban J connectivity index is 1.85. The van der Waals surface area contributed by atoms with E-state index in [1.165, 1.54) is 0 Å². The summed E-state index contributed by atoms with van der Waals surface area (Å²) in [6.07, 6.45) is 5.23. The van der Waals surface area contributed by atoms with Gasteiger partial charge < -0.3 is 4.74 Å². The number of allylic oxidation sites excluding steroid dienone is 3. The Kier molecular flexibility index (Phi) is 3.53. The zero-order valence-corrected chi connectivity index (χ0v) is 14.9. The number of hydrogen-bond acceptors (Lipinski definition) is 3. The molecule has 3 aromatic rings. The molecule has 0 N–H and O–H groups in total. The van der Waals surface area contributed by atoms with Crippen molar-refractivity contribution >= 4 is 39.2 Å². The van der Waals surface area contributed by atoms with E-state index < -0.39 is 5.97 Å². The normalized spacial score (nSPS) is 14.5. The van der Waals surface area contributed by atoms with Gasteiger partial charge >= 0.3 is 5.97 Å². The highest BCUT2D eigenvalue weighted by atomic mass is 16.5. The van der Waals surface area contributed by atoms with Crippen molar-refractivity contribution in [2.75, 3.05) is 6.61 Å². The minimum absolute atomic E-state index is 0.0628. The van der Waals surface area contributed by atoms with Gasteiger partial charge in [-0.25, -0.2) is 4.79 Å². The van der Waals surface area contributed by atoms with Crippen molar-refractivity contribution < 1.29 is 14.3 Å². The Bertz CT molecular complexity index is 1280. The molecule has 0 amide bonds. The van der Waals surface area contributed by atoms with Gasteiger partial charge in [0, 0.05) is 16.7 Å². The van der Waals surface area contributed by atoms with E-state index in [4.69, 9.17) is 11.2 Å². The van der Waals surface area contributed by atoms with Crippen LogP contribution in [0.3, 0.4) is 0 Å². The quantitative estimate of drug-likeness (QED) is 0.397. The fraction of sp³-hybridized carbons (Fsp3) is 0.0400. The molecule has 2 aliphatic carbocycles. The van der Waals surface area contributed by atoms with Gasteiger partial charge in [0.05, 0.1) is 0 Å². The first kappa shape index (κ1) is 16.3. The predicted molar refractivity (Wildman–Crippen MR) is 109 cm³/mol. The summed E-state index contributed by atoms with van der Waals surface area (Å²) in [5.41, 5.74) is 4.68. The maximum atomic E-state index is 13.4. The van der Waals surface area contributed by atoms with Gasteiger partial charge in [-0.1, -0.05) is 72.7 Å². The van der Waals surface area contributed by atoms with Crippen molar-refractivity contribution in [1.82, 2.24) is 0 Å². The highest BCUT2D eigenvalue weighted by Gasteiger charge is 2.42. The molecule has 3 nitrogen and oxygen atoms in total. The van der Waals surface area contributed by atoms with E-state index in [9.17, 15) is 9.59 Å². The number of carbonyl (C=O) groups excluding carboxylic acids is 2. The third-order valence-electron chi connectivity index (χ3n) is 5.20. The van der Waals surface area contributed by atoms with E-state index in [0.29, 0.717) is 11.1 Å². The zero-order valence-electron chi connectivity index (χ0n) is 14.9. The molecule has 0 aliphatic heterocycles. The fourth-order valence-corrected chi connectivity index (χ4v) is 4.15. The van der Waals surface area contributed by atoms with Gasteiger partial charge in [0.2, 0.25) is 5.78 Å². The number of benzene rings is 3. The number of hydrogen-bond donors (Lipinski definition) is 0. The summed E-state index contributed by atoms with van der Waals surface area (Å²) < 4.78 is 5.15. The van der Waals surface area contributed by atoms with Crippen molar-refractivity contribution in [3.05, 3.63) is 89.0 Å². The molecular formula is C25H14O3. The minimum Gasteiger partial charge on any atom is -0.449 e. The summed E-state index contributed by atoms with van der Waals surface area (Å²) in [6.45, 7) is -0.171. The van der Waals surface area contributed by atoms with Gasteiger partial charge in [0.1, 0.15) is 5.57 Å². The summed E-state index contributed by atoms with van der Waals surface area (Å²) >= 11 is 0. The molecule has 3 heteroatoms. The van der Waals surface area contributed by atoms with Crippen LogP contribution in [0.5, 0.6) is 0 Å². The third kappa shape index (κ3) is 2.12. The summed E-state index contributed by atoms with van der Waals surface area (Å²) in [6, 6.07) is 21.4. The molecule has 3 aromatic carbocycles. The Morgan fingerprint density at radius 2 is 1.54 bits per heavy atom. The van der Waals surface area contributed by atoms with Gasteiger partial charge in [-0.15, -0.1) is 6.42 Å². The lowest BCUT2D eigenvalue weighted by atomic mass is 9.95. The maximum Gasteiger partial charge on any atom is 0.343 e. The summed E-state index contributed by atoms with van der Waals surface area (Å²) in [4.78, 5) is 26.2. The predicted octanol–water partition coefficient (Wildman–Crippen LogP) is 4.28. The third-order valence-corrected chi connectivity index (χ3v) is 5.20. The van der Waals surface area contributed by atoms with E-state index in [-0.39, 0.29) is 18.0 Å². The molecule has 0 heterocycles. The van der Waals surface area contributed by atoms with Crippen LogP contribution in [0, 0.1) is 12.3 Å². The van der Waals surface area contributed by atoms with E-state index in [1.807, 2.05) is 66.7 Å². The first-order valence-corrected chi connectivity index (χ1v) is 8.94. The number of ether oxygens (including phenoxy) is 1. The molecule has 0 aromatic heterocycles. The summed E-state index contributed by atoms with van der Waals surface area (Å²) in [5, 5.41) is 2.12. The van der Waals surface area contributed by atoms with Crippen LogP contribution in [0.1, 0.15) is 16.7 Å². The van der Waals surface area contributed by atoms with Crippen LogP contribution >= 0.6 is 0 Å². The molecule has 2 aliphatic rings. The van der Waals surface area contributed by atoms with Crippen molar-refractivity contribution in [3.63, 3.8) is 0 Å². The minimum atomic E-state index is -0.675. The van der Waals surface area contributed by atoms with Gasteiger partial charge in [-0.2, -0.15) is 0 Å². The van der Waals surface area contributed by atoms with Crippen LogP contribution in [0.25, 0.3) is 27.5 Å². The molecule has 0 bridgehead atoms. The number of rotatable bonds is 3. The second-order valence-corrected chi connectivity index (χ2v) is 6.68. The van der Waals surface area contributed by atoms with Crippen molar-refractivity contribution in [3.8, 4) is 12.3 Å². The Labute approximate surface area is 161 Å². The van der Waals surface area contributed by atoms with E-state index in [1.54, 1.807) is 0 Å². The number of Topliss-reactive ketones (excluding diaryl/α,β-unsaturated/α-hetero) is 1. The molecule has 0 saturated heterocycles. The van der Waals surface area contributed by atoms with E-state index >= 15 is 0 Å². The molecule has 132 valence electrons. The molecule has 0 spiro atoms. The van der Waals surface area contributed by atoms with Crippen molar-refractivity contribution in [2.45, 2.75) is 0 Å². The van der Waals surface area contributed by atoms with Crippen molar-refractivity contribution in [1.29, 1.82) is 0 Å². The van der Waals surface area contributed by atoms with Crippen LogP contribution < -0.4 is 0 Å². The van der Waals surface area contributed by atoms with Crippen LogP contribution in [0.15, 0.2) is 72.3 Å². The first-order valence-electron chi connectivity index (χ1n) is 8.94. The maximum absolute atomic E-state index is 13.4. The lowest BCUT2D eigenvalue weighted by molar-refractivity contribution is -0.138. The van der Waals surface area contributed by atoms with E-state index in [0.717, 1.165) is 33.0 Å². The standard InChI is InChI=1S/C25H14O3/c1-2-14-28-25(27)23-22-18-13-7-11-15-10-6-12-17(19(15)18)21(22)20(24(23)26)16-8-4-3-5-9-16/h1,3-13H,14H2. The van der Waals surface area contributed by atoms with Gasteiger partial charge in [0.25, 0.3) is 0 Å². The average molecular weight is 362 g/mol. The van der Waals surface area contributed by atoms with Crippen LogP contribution in [0.4, 0.5) is 0 Å². The topological polar surface area (TPSA) is 43.4 Å². The monoisotopic (exact) mass is 362 g/mol. The Hall–Kier alpha value is -3.90. The van der Waals surface area contributed by atoms with Crippen LogP contribution in [-0.4, -0.2) is 18.4 Å². The second kappa shape index (κ2) is 6.07. The molecule has 0 saturated carbocycles. The first-order chi connectivity index (χ1) is 13.7. The molecule has 28 heavy (non-hydrogen) atoms. The van der Waals surface area contributed by atoms with Gasteiger partial charge in [0.15, 0.2) is 6.61 Å². The van der Waals surface area contributed by atoms with Crippen LogP contribution in [-0.2, 0) is 14.3 Å². The Morgan fingerprint density at radius 1 is 0.857 bits per heavy atom.